The van der Waals surface area contributed by atoms with Gasteiger partial charge in [-0.15, -0.1) is 11.3 Å². The minimum absolute atomic E-state index is 0.00206. The molecule has 71 heavy (non-hydrogen) atoms. The van der Waals surface area contributed by atoms with Gasteiger partial charge in [-0.25, -0.2) is 4.98 Å². The van der Waals surface area contributed by atoms with Gasteiger partial charge in [0.05, 0.1) is 52.7 Å². The smallest absolute Gasteiger partial charge is 0.246 e. The van der Waals surface area contributed by atoms with E-state index < -0.39 is 53.6 Å². The van der Waals surface area contributed by atoms with Crippen molar-refractivity contribution in [1.82, 2.24) is 20.5 Å². The van der Waals surface area contributed by atoms with E-state index in [1.165, 1.54) is 4.90 Å². The number of anilines is 1. The van der Waals surface area contributed by atoms with E-state index >= 15 is 0 Å². The number of aliphatic hydroxyl groups excluding tert-OH is 1. The fourth-order valence-corrected chi connectivity index (χ4v) is 11.0. The first kappa shape index (κ1) is 53.0. The first-order valence-electron chi connectivity index (χ1n) is 25.1. The number of β-amino-alcohol motifs (C(OH)–C–C–N with tert-alkyl or cyclic N) is 1. The second-order valence-corrected chi connectivity index (χ2v) is 21.6. The predicted octanol–water partition coefficient (Wildman–Crippen LogP) is 6.01. The number of hydrogen-bond donors (Lipinski definition) is 5. The lowest BCUT2D eigenvalue weighted by Gasteiger charge is -2.35. The summed E-state index contributed by atoms with van der Waals surface area (Å²) in [4.78, 5) is 89.2. The molecule has 16 heteroatoms. The van der Waals surface area contributed by atoms with Crippen molar-refractivity contribution >= 4 is 52.3 Å². The van der Waals surface area contributed by atoms with Crippen LogP contribution in [-0.2, 0) is 65.9 Å². The Kier molecular flexibility index (Phi) is 17.6. The Bertz CT molecular complexity index is 2560. The first-order valence-corrected chi connectivity index (χ1v) is 26.0. The average Bonchev–Trinajstić information content (AvgIpc) is 4.06. The van der Waals surface area contributed by atoms with Crippen LogP contribution < -0.4 is 27.0 Å². The molecule has 0 radical (unpaired) electrons. The maximum absolute atomic E-state index is 14.2. The number of nitrogens with two attached hydrogens (primary N) is 2. The molecule has 7 rings (SSSR count). The Hall–Kier alpha value is -5.81. The third kappa shape index (κ3) is 13.2. The molecule has 1 fully saturated rings. The number of ether oxygens (including phenoxy) is 1. The number of ketones is 1. The van der Waals surface area contributed by atoms with Gasteiger partial charge >= 0.3 is 0 Å². The number of aromatic nitrogens is 1. The van der Waals surface area contributed by atoms with Gasteiger partial charge in [0.2, 0.25) is 29.5 Å². The molecule has 3 aliphatic rings. The Labute approximate surface area is 421 Å². The van der Waals surface area contributed by atoms with Gasteiger partial charge in [0.25, 0.3) is 0 Å². The molecular weight excluding hydrogens is 919 g/mol. The van der Waals surface area contributed by atoms with Gasteiger partial charge in [-0.1, -0.05) is 93.9 Å². The van der Waals surface area contributed by atoms with E-state index in [1.54, 1.807) is 16.2 Å². The molecule has 5 amide bonds. The largest absolute Gasteiger partial charge is 0.391 e. The van der Waals surface area contributed by atoms with Crippen LogP contribution in [0.1, 0.15) is 119 Å². The van der Waals surface area contributed by atoms with Crippen molar-refractivity contribution in [3.05, 3.63) is 106 Å². The number of para-hydroxylation sites is 1. The molecule has 4 aromatic rings. The van der Waals surface area contributed by atoms with Gasteiger partial charge in [0.1, 0.15) is 12.1 Å². The topological polar surface area (TPSA) is 227 Å². The summed E-state index contributed by atoms with van der Waals surface area (Å²) < 4.78 is 6.46. The van der Waals surface area contributed by atoms with Crippen molar-refractivity contribution in [2.45, 2.75) is 161 Å². The fraction of sp³-hybridized carbons (Fsp3) is 0.509. The van der Waals surface area contributed by atoms with Gasteiger partial charge in [-0.05, 0) is 97.1 Å². The molecule has 7 atom stereocenters. The highest BCUT2D eigenvalue weighted by Gasteiger charge is 2.45. The van der Waals surface area contributed by atoms with E-state index in [-0.39, 0.29) is 68.2 Å². The lowest BCUT2D eigenvalue weighted by atomic mass is 9.85. The quantitative estimate of drug-likeness (QED) is 0.0577. The molecule has 3 aliphatic heterocycles. The molecule has 0 bridgehead atoms. The number of benzene rings is 3. The summed E-state index contributed by atoms with van der Waals surface area (Å²) in [6.45, 7) is 10.0. The number of aryl methyl sites for hydroxylation is 3. The van der Waals surface area contributed by atoms with E-state index in [4.69, 9.17) is 16.2 Å². The number of rotatable bonds is 22. The third-order valence-corrected chi connectivity index (χ3v) is 15.4. The summed E-state index contributed by atoms with van der Waals surface area (Å²) in [5, 5.41) is 16.6. The molecule has 4 heterocycles. The molecule has 15 nitrogen and oxygen atoms in total. The van der Waals surface area contributed by atoms with Gasteiger partial charge < -0.3 is 36.8 Å². The number of aliphatic hydroxyl groups is 1. The number of hydrogen-bond acceptors (Lipinski definition) is 11. The van der Waals surface area contributed by atoms with E-state index in [2.05, 4.69) is 21.7 Å². The third-order valence-electron chi connectivity index (χ3n) is 14.4. The van der Waals surface area contributed by atoms with Crippen LogP contribution in [0.5, 0.6) is 0 Å². The number of nitrogens with zero attached hydrogens (tertiary/aromatic N) is 3. The number of unbranched alkanes of at least 4 members (excludes halogenated alkanes) is 2. The summed E-state index contributed by atoms with van der Waals surface area (Å²) in [5.74, 6) is -2.12. The zero-order valence-electron chi connectivity index (χ0n) is 41.8. The van der Waals surface area contributed by atoms with E-state index in [0.29, 0.717) is 38.7 Å². The zero-order valence-corrected chi connectivity index (χ0v) is 42.6. The van der Waals surface area contributed by atoms with Crippen molar-refractivity contribution in [3.63, 3.8) is 0 Å². The minimum atomic E-state index is -0.911. The number of thiazole rings is 1. The second-order valence-electron chi connectivity index (χ2n) is 20.7. The minimum Gasteiger partial charge on any atom is -0.391 e. The predicted molar refractivity (Wildman–Crippen MR) is 274 cm³/mol. The maximum Gasteiger partial charge on any atom is 0.246 e. The second kappa shape index (κ2) is 23.6. The molecule has 1 aromatic heterocycles. The number of carbonyl (C=O) groups excluding carboxylic acids is 6. The lowest BCUT2D eigenvalue weighted by Crippen LogP contribution is -2.57. The highest BCUT2D eigenvalue weighted by Crippen LogP contribution is 2.40. The molecule has 0 spiro atoms. The number of likely N-dealkylation sites (tertiary alicyclic amines) is 1. The van der Waals surface area contributed by atoms with Crippen molar-refractivity contribution in [1.29, 1.82) is 0 Å². The van der Waals surface area contributed by atoms with Crippen LogP contribution in [0, 0.1) is 18.3 Å². The number of primary amides is 1. The highest BCUT2D eigenvalue weighted by atomic mass is 32.1. The standard InChI is InChI=1S/C55H71N7O8S/c1-33-50(71-32-59-33)38-20-18-35(19-21-38)29-58-52(67)45-28-42(63)30-61(45)54(69)51(55(3,4)5)60-48(66)17-8-6-7-12-36-13-9-10-14-41(36)31-70-34(2)39(23-25-47(57)65)27-46(64)44-26-40-16-11-15-37-22-24-43(56)53(68)62(44)49(37)40/h9-11,13-16,18-21,32,34,39,42-45,51,63H,6-8,12,17,22-31,56H2,1-5H3,(H2,57,65)(H,58,67)(H,60,66)/t34-,39-,42-,43+,44+,45+,51-/m1/s1. The first-order chi connectivity index (χ1) is 33.9. The van der Waals surface area contributed by atoms with E-state index in [9.17, 15) is 33.9 Å². The van der Waals surface area contributed by atoms with Crippen molar-refractivity contribution in [2.75, 3.05) is 11.4 Å². The maximum atomic E-state index is 14.2. The number of nitrogens with one attached hydrogen (secondary N) is 2. The Morgan fingerprint density at radius 2 is 1.68 bits per heavy atom. The Morgan fingerprint density at radius 1 is 0.944 bits per heavy atom. The van der Waals surface area contributed by atoms with Gasteiger partial charge in [-0.3, -0.25) is 33.7 Å². The van der Waals surface area contributed by atoms with Crippen LogP contribution in [0.25, 0.3) is 10.4 Å². The van der Waals surface area contributed by atoms with Gasteiger partial charge in [-0.2, -0.15) is 0 Å². The monoisotopic (exact) mass is 990 g/mol. The Morgan fingerprint density at radius 3 is 2.38 bits per heavy atom. The molecule has 0 unspecified atom stereocenters. The van der Waals surface area contributed by atoms with Crippen LogP contribution in [0.3, 0.4) is 0 Å². The van der Waals surface area contributed by atoms with Crippen LogP contribution in [0.4, 0.5) is 5.69 Å². The van der Waals surface area contributed by atoms with Crippen LogP contribution in [0.2, 0.25) is 0 Å². The van der Waals surface area contributed by atoms with Crippen LogP contribution >= 0.6 is 11.3 Å². The van der Waals surface area contributed by atoms with E-state index in [0.717, 1.165) is 68.9 Å². The summed E-state index contributed by atoms with van der Waals surface area (Å²) in [7, 11) is 0. The normalized spacial score (nSPS) is 20.0. The molecule has 0 aliphatic carbocycles. The summed E-state index contributed by atoms with van der Waals surface area (Å²) in [5.41, 5.74) is 20.8. The zero-order chi connectivity index (χ0) is 51.0. The van der Waals surface area contributed by atoms with Crippen molar-refractivity contribution < 1.29 is 38.6 Å². The summed E-state index contributed by atoms with van der Waals surface area (Å²) in [6, 6.07) is 18.7. The van der Waals surface area contributed by atoms with E-state index in [1.807, 2.05) is 101 Å². The van der Waals surface area contributed by atoms with Gasteiger partial charge in [0.15, 0.2) is 5.78 Å². The number of amides is 5. The van der Waals surface area contributed by atoms with Crippen LogP contribution in [0.15, 0.2) is 72.2 Å². The molecule has 380 valence electrons. The molecule has 1 saturated heterocycles. The lowest BCUT2D eigenvalue weighted by molar-refractivity contribution is -0.144. The molecule has 0 saturated carbocycles. The van der Waals surface area contributed by atoms with Crippen molar-refractivity contribution in [3.8, 4) is 10.4 Å². The number of carbonyl (C=O) groups is 6. The SMILES string of the molecule is Cc1ncsc1-c1ccc(CNC(=O)[C@@H]2C[C@@H](O)CN2C(=O)[C@@H](NC(=O)CCCCCc2ccccc2CO[C@H](C)[C@H](CCC(N)=O)CC(=O)[C@@H]2Cc3cccc4c3N2C(=O)[C@@H](N)CC4)C(C)(C)C)cc1. The number of Topliss-reactive ketones (excluding diaryl/α,β-unsaturated/α-hetero) is 1. The molecular formula is C55H71N7O8S. The molecule has 7 N–H and O–H groups in total. The van der Waals surface area contributed by atoms with Gasteiger partial charge in [0, 0.05) is 45.2 Å². The summed E-state index contributed by atoms with van der Waals surface area (Å²) >= 11 is 1.57. The highest BCUT2D eigenvalue weighted by molar-refractivity contribution is 7.13. The Balaban J connectivity index is 0.879. The van der Waals surface area contributed by atoms with Crippen LogP contribution in [-0.4, -0.2) is 93.2 Å². The van der Waals surface area contributed by atoms with Crippen molar-refractivity contribution in [2.24, 2.45) is 22.8 Å². The average molecular weight is 990 g/mol. The fourth-order valence-electron chi connectivity index (χ4n) is 10.2. The summed E-state index contributed by atoms with van der Waals surface area (Å²) in [6.07, 6.45) is 4.16. The molecule has 3 aromatic carbocycles.